The van der Waals surface area contributed by atoms with E-state index in [9.17, 15) is 4.79 Å². The minimum atomic E-state index is 0.228. The molecule has 1 aromatic rings. The minimum Gasteiger partial charge on any atom is -0.402 e. The monoisotopic (exact) mass is 464 g/mol. The van der Waals surface area contributed by atoms with Crippen LogP contribution in [0.1, 0.15) is 82.7 Å². The second kappa shape index (κ2) is 12.6. The molecule has 5 nitrogen and oxygen atoms in total. The molecule has 2 heterocycles. The molecule has 0 unspecified atom stereocenters. The second-order valence-electron chi connectivity index (χ2n) is 10.4. The number of carbonyl (C=O) groups excluding carboxylic acids is 1. The van der Waals surface area contributed by atoms with Gasteiger partial charge in [0.15, 0.2) is 0 Å². The molecule has 1 atom stereocenters. The van der Waals surface area contributed by atoms with E-state index in [1.807, 2.05) is 0 Å². The first kappa shape index (κ1) is 25.1. The summed E-state index contributed by atoms with van der Waals surface area (Å²) in [5.41, 5.74) is 11.6. The molecule has 3 N–H and O–H groups in total. The average molecular weight is 465 g/mol. The fourth-order valence-corrected chi connectivity index (χ4v) is 5.72. The van der Waals surface area contributed by atoms with Gasteiger partial charge in [-0.05, 0) is 94.5 Å². The molecule has 2 aliphatic heterocycles. The maximum atomic E-state index is 12.5. The lowest BCUT2D eigenvalue weighted by Gasteiger charge is -2.35. The summed E-state index contributed by atoms with van der Waals surface area (Å²) < 4.78 is 0. The number of nitrogens with two attached hydrogens (primary N) is 1. The number of benzene rings is 1. The van der Waals surface area contributed by atoms with Crippen LogP contribution in [0, 0.1) is 11.8 Å². The normalized spacial score (nSPS) is 22.0. The van der Waals surface area contributed by atoms with Crippen molar-refractivity contribution in [3.05, 3.63) is 47.2 Å². The maximum absolute atomic E-state index is 12.5. The van der Waals surface area contributed by atoms with Crippen LogP contribution in [0.4, 0.5) is 0 Å². The van der Waals surface area contributed by atoms with Crippen molar-refractivity contribution < 1.29 is 4.79 Å². The first-order valence-electron chi connectivity index (χ1n) is 13.7. The highest BCUT2D eigenvalue weighted by Gasteiger charge is 2.28. The average Bonchev–Trinajstić information content (AvgIpc) is 2.85. The zero-order chi connectivity index (χ0) is 23.8. The zero-order valence-corrected chi connectivity index (χ0v) is 21.1. The van der Waals surface area contributed by atoms with Crippen LogP contribution in [0.3, 0.4) is 0 Å². The van der Waals surface area contributed by atoms with Crippen molar-refractivity contribution in [2.75, 3.05) is 32.7 Å². The number of nitrogens with one attached hydrogen (secondary N) is 1. The minimum absolute atomic E-state index is 0.228. The third-order valence-corrected chi connectivity index (χ3v) is 8.18. The summed E-state index contributed by atoms with van der Waals surface area (Å²) in [6, 6.07) is 10.9. The Bertz CT molecular complexity index is 850. The fourth-order valence-electron chi connectivity index (χ4n) is 5.72. The summed E-state index contributed by atoms with van der Waals surface area (Å²) in [7, 11) is 0. The molecule has 0 aromatic heterocycles. The summed E-state index contributed by atoms with van der Waals surface area (Å²) in [5, 5.41) is 3.60. The van der Waals surface area contributed by atoms with Crippen LogP contribution in [0.25, 0.3) is 0 Å². The van der Waals surface area contributed by atoms with Gasteiger partial charge in [-0.2, -0.15) is 0 Å². The number of Topliss-reactive ketones (excluding diaryl/α,β-unsaturated/α-hetero) is 1. The van der Waals surface area contributed by atoms with Gasteiger partial charge in [0.05, 0.1) is 6.54 Å². The van der Waals surface area contributed by atoms with E-state index in [4.69, 9.17) is 10.7 Å². The van der Waals surface area contributed by atoms with E-state index in [0.717, 1.165) is 64.0 Å². The number of nitrogens with zero attached hydrogens (tertiary/aromatic N) is 2. The molecular weight excluding hydrogens is 420 g/mol. The van der Waals surface area contributed by atoms with Gasteiger partial charge in [-0.3, -0.25) is 9.79 Å². The smallest absolute Gasteiger partial charge is 0.149 e. The van der Waals surface area contributed by atoms with Gasteiger partial charge in [-0.15, -0.1) is 0 Å². The van der Waals surface area contributed by atoms with Gasteiger partial charge >= 0.3 is 0 Å². The molecule has 3 aliphatic rings. The number of hydrogen-bond acceptors (Lipinski definition) is 5. The first-order valence-corrected chi connectivity index (χ1v) is 13.7. The Balaban J connectivity index is 1.31. The summed E-state index contributed by atoms with van der Waals surface area (Å²) in [4.78, 5) is 20.0. The van der Waals surface area contributed by atoms with Gasteiger partial charge < -0.3 is 16.0 Å². The lowest BCUT2D eigenvalue weighted by atomic mass is 9.82. The van der Waals surface area contributed by atoms with Crippen molar-refractivity contribution in [1.82, 2.24) is 10.2 Å². The molecule has 1 aliphatic carbocycles. The number of rotatable bonds is 11. The molecule has 2 fully saturated rings. The zero-order valence-electron chi connectivity index (χ0n) is 21.1. The highest BCUT2D eigenvalue weighted by atomic mass is 16.1. The molecular formula is C29H44N4O. The van der Waals surface area contributed by atoms with Crippen molar-refractivity contribution in [3.8, 4) is 0 Å². The van der Waals surface area contributed by atoms with Crippen molar-refractivity contribution in [3.63, 3.8) is 0 Å². The molecule has 0 bridgehead atoms. The van der Waals surface area contributed by atoms with Crippen LogP contribution in [-0.4, -0.2) is 49.1 Å². The largest absolute Gasteiger partial charge is 0.402 e. The van der Waals surface area contributed by atoms with Crippen molar-refractivity contribution >= 4 is 11.5 Å². The van der Waals surface area contributed by atoms with Crippen LogP contribution in [-0.2, 0) is 4.79 Å². The number of likely N-dealkylation sites (tertiary alicyclic amines) is 1. The predicted molar refractivity (Wildman–Crippen MR) is 141 cm³/mol. The van der Waals surface area contributed by atoms with Crippen molar-refractivity contribution in [2.45, 2.75) is 77.2 Å². The van der Waals surface area contributed by atoms with Crippen LogP contribution >= 0.6 is 0 Å². The summed E-state index contributed by atoms with van der Waals surface area (Å²) in [6.07, 6.45) is 11.2. The molecule has 4 rings (SSSR count). The molecule has 0 amide bonds. The number of carbonyl (C=O) groups is 1. The molecule has 186 valence electrons. The second-order valence-corrected chi connectivity index (χ2v) is 10.4. The van der Waals surface area contributed by atoms with E-state index in [0.29, 0.717) is 24.2 Å². The molecule has 1 saturated carbocycles. The molecule has 0 radical (unpaired) electrons. The third kappa shape index (κ3) is 6.57. The molecule has 1 saturated heterocycles. The Kier molecular flexibility index (Phi) is 9.34. The highest BCUT2D eigenvalue weighted by Crippen LogP contribution is 2.31. The molecule has 34 heavy (non-hydrogen) atoms. The van der Waals surface area contributed by atoms with Gasteiger partial charge in [-0.25, -0.2) is 0 Å². The van der Waals surface area contributed by atoms with Crippen LogP contribution in [0.15, 0.2) is 46.6 Å². The fraction of sp³-hybridized carbons (Fsp3) is 0.655. The number of aliphatic imine (C=N–C) groups is 1. The van der Waals surface area contributed by atoms with Crippen molar-refractivity contribution in [1.29, 1.82) is 0 Å². The lowest BCUT2D eigenvalue weighted by molar-refractivity contribution is -0.124. The Hall–Kier alpha value is -1.98. The summed E-state index contributed by atoms with van der Waals surface area (Å²) >= 11 is 0. The highest BCUT2D eigenvalue weighted by molar-refractivity contribution is 6.01. The Morgan fingerprint density at radius 1 is 1.09 bits per heavy atom. The number of ketones is 1. The van der Waals surface area contributed by atoms with Gasteiger partial charge in [-0.1, -0.05) is 43.7 Å². The number of hydrogen-bond donors (Lipinski definition) is 2. The first-order chi connectivity index (χ1) is 16.7. The number of piperidine rings is 1. The van der Waals surface area contributed by atoms with E-state index in [2.05, 4.69) is 47.5 Å². The Morgan fingerprint density at radius 3 is 2.47 bits per heavy atom. The van der Waals surface area contributed by atoms with E-state index in [1.54, 1.807) is 0 Å². The molecule has 5 heteroatoms. The quantitative estimate of drug-likeness (QED) is 0.481. The van der Waals surface area contributed by atoms with Gasteiger partial charge in [0, 0.05) is 29.9 Å². The predicted octanol–water partition coefficient (Wildman–Crippen LogP) is 5.04. The molecule has 0 spiro atoms. The van der Waals surface area contributed by atoms with Crippen LogP contribution < -0.4 is 11.1 Å². The van der Waals surface area contributed by atoms with Gasteiger partial charge in [0.25, 0.3) is 0 Å². The lowest BCUT2D eigenvalue weighted by Crippen LogP contribution is -2.39. The summed E-state index contributed by atoms with van der Waals surface area (Å²) in [6.45, 7) is 6.91. The summed E-state index contributed by atoms with van der Waals surface area (Å²) in [5.74, 6) is 1.25. The maximum Gasteiger partial charge on any atom is 0.149 e. The standard InChI is InChI=1S/C29H44N4O/c1-2-25(30)29(27-13-6-7-17-31-27)24-14-18-33(19-15-24)20-16-26(22-9-4-3-5-10-22)32-21-28(34)23-11-8-12-23/h3-5,9-10,23-24,26,32H,2,6-8,11-21,30H2,1H3/t26-/m0/s1. The van der Waals surface area contributed by atoms with Gasteiger partial charge in [0.2, 0.25) is 0 Å². The Labute approximate surface area is 206 Å². The van der Waals surface area contributed by atoms with E-state index in [-0.39, 0.29) is 6.04 Å². The van der Waals surface area contributed by atoms with Crippen LogP contribution in [0.5, 0.6) is 0 Å². The molecule has 1 aromatic carbocycles. The van der Waals surface area contributed by atoms with E-state index in [1.165, 1.54) is 49.0 Å². The van der Waals surface area contributed by atoms with E-state index < -0.39 is 0 Å². The third-order valence-electron chi connectivity index (χ3n) is 8.18. The van der Waals surface area contributed by atoms with E-state index >= 15 is 0 Å². The van der Waals surface area contributed by atoms with Crippen LogP contribution in [0.2, 0.25) is 0 Å². The van der Waals surface area contributed by atoms with Gasteiger partial charge in [0.1, 0.15) is 5.78 Å². The SMILES string of the molecule is CCC(N)=C(C1=NCCCC1)C1CCN(CC[C@H](NCC(=O)C2CCC2)c2ccccc2)CC1. The van der Waals surface area contributed by atoms with Crippen molar-refractivity contribution in [2.24, 2.45) is 22.6 Å². The Morgan fingerprint density at radius 2 is 1.85 bits per heavy atom. The number of allylic oxidation sites excluding steroid dienone is 2. The topological polar surface area (TPSA) is 70.7 Å².